The summed E-state index contributed by atoms with van der Waals surface area (Å²) in [5, 5.41) is 2.88. The van der Waals surface area contributed by atoms with Crippen LogP contribution in [0.4, 0.5) is 5.69 Å². The van der Waals surface area contributed by atoms with Gasteiger partial charge >= 0.3 is 0 Å². The lowest BCUT2D eigenvalue weighted by atomic mass is 10.3. The fraction of sp³-hybridized carbons (Fsp3) is 0.333. The molecule has 1 amide bonds. The Balaban J connectivity index is 1.75. The highest BCUT2D eigenvalue weighted by Gasteiger charge is 2.09. The number of nitrogen functional groups attached to an aromatic ring is 1. The van der Waals surface area contributed by atoms with Crippen molar-refractivity contribution in [1.82, 2.24) is 14.9 Å². The molecule has 0 unspecified atom stereocenters. The van der Waals surface area contributed by atoms with Crippen LogP contribution in [0, 0.1) is 6.92 Å². The number of aromatic nitrogens is 2. The molecule has 0 bridgehead atoms. The molecule has 0 saturated heterocycles. The first kappa shape index (κ1) is 12.6. The van der Waals surface area contributed by atoms with Crippen molar-refractivity contribution in [2.45, 2.75) is 19.9 Å². The Morgan fingerprint density at radius 2 is 2.44 bits per heavy atom. The van der Waals surface area contributed by atoms with Crippen LogP contribution < -0.4 is 11.1 Å². The number of imidazole rings is 1. The van der Waals surface area contributed by atoms with Gasteiger partial charge in [0.25, 0.3) is 5.91 Å². The minimum absolute atomic E-state index is 0.0505. The molecule has 96 valence electrons. The number of nitrogens with zero attached hydrogens (tertiary/aromatic N) is 2. The average molecular weight is 264 g/mol. The summed E-state index contributed by atoms with van der Waals surface area (Å²) in [5.74, 6) is -0.0505. The van der Waals surface area contributed by atoms with Gasteiger partial charge in [0.2, 0.25) is 0 Å². The summed E-state index contributed by atoms with van der Waals surface area (Å²) < 4.78 is 1.99. The number of amides is 1. The molecule has 18 heavy (non-hydrogen) atoms. The first-order valence-electron chi connectivity index (χ1n) is 5.76. The van der Waals surface area contributed by atoms with Gasteiger partial charge in [0.05, 0.1) is 11.2 Å². The van der Waals surface area contributed by atoms with Crippen molar-refractivity contribution in [3.8, 4) is 0 Å². The number of rotatable bonds is 5. The smallest absolute Gasteiger partial charge is 0.261 e. The summed E-state index contributed by atoms with van der Waals surface area (Å²) in [5.41, 5.74) is 6.40. The molecule has 0 aromatic carbocycles. The van der Waals surface area contributed by atoms with E-state index in [1.807, 2.05) is 17.7 Å². The van der Waals surface area contributed by atoms with Gasteiger partial charge in [-0.3, -0.25) is 4.79 Å². The highest BCUT2D eigenvalue weighted by Crippen LogP contribution is 2.22. The number of carbonyl (C=O) groups is 1. The zero-order valence-corrected chi connectivity index (χ0v) is 11.0. The number of hydrogen-bond acceptors (Lipinski definition) is 4. The van der Waals surface area contributed by atoms with Crippen LogP contribution in [0.25, 0.3) is 0 Å². The minimum Gasteiger partial charge on any atom is -0.398 e. The molecule has 2 rings (SSSR count). The van der Waals surface area contributed by atoms with Crippen LogP contribution in [0.3, 0.4) is 0 Å². The Morgan fingerprint density at radius 1 is 1.61 bits per heavy atom. The Bertz CT molecular complexity index is 499. The molecule has 0 aliphatic carbocycles. The first-order chi connectivity index (χ1) is 8.66. The second kappa shape index (κ2) is 5.68. The third-order valence-electron chi connectivity index (χ3n) is 2.62. The van der Waals surface area contributed by atoms with E-state index in [4.69, 9.17) is 5.73 Å². The summed E-state index contributed by atoms with van der Waals surface area (Å²) in [6.45, 7) is 3.41. The molecule has 0 aliphatic rings. The Morgan fingerprint density at radius 3 is 3.06 bits per heavy atom. The maximum absolute atomic E-state index is 11.8. The van der Waals surface area contributed by atoms with Crippen LogP contribution in [-0.2, 0) is 6.54 Å². The van der Waals surface area contributed by atoms with Crippen LogP contribution >= 0.6 is 11.3 Å². The van der Waals surface area contributed by atoms with E-state index in [0.717, 1.165) is 17.8 Å². The molecule has 0 radical (unpaired) electrons. The lowest BCUT2D eigenvalue weighted by Crippen LogP contribution is -2.24. The molecule has 5 nitrogen and oxygen atoms in total. The number of thiophene rings is 1. The van der Waals surface area contributed by atoms with Crippen molar-refractivity contribution in [2.75, 3.05) is 12.3 Å². The fourth-order valence-electron chi connectivity index (χ4n) is 1.58. The van der Waals surface area contributed by atoms with E-state index in [-0.39, 0.29) is 5.91 Å². The Labute approximate surface area is 110 Å². The van der Waals surface area contributed by atoms with Gasteiger partial charge in [-0.1, -0.05) is 0 Å². The van der Waals surface area contributed by atoms with Crippen molar-refractivity contribution in [2.24, 2.45) is 0 Å². The van der Waals surface area contributed by atoms with Gasteiger partial charge in [-0.15, -0.1) is 11.3 Å². The standard InChI is InChI=1S/C12H16N4OS/c1-9-10(13)7-11(18-9)12(17)15-3-2-5-16-6-4-14-8-16/h4,6-8H,2-3,5,13H2,1H3,(H,15,17). The zero-order chi connectivity index (χ0) is 13.0. The number of carbonyl (C=O) groups excluding carboxylic acids is 1. The topological polar surface area (TPSA) is 72.9 Å². The predicted molar refractivity (Wildman–Crippen MR) is 72.6 cm³/mol. The third-order valence-corrected chi connectivity index (χ3v) is 3.68. The molecule has 0 aliphatic heterocycles. The number of aryl methyl sites for hydroxylation is 2. The van der Waals surface area contributed by atoms with Crippen molar-refractivity contribution in [3.63, 3.8) is 0 Å². The van der Waals surface area contributed by atoms with Gasteiger partial charge in [0.1, 0.15) is 0 Å². The number of anilines is 1. The van der Waals surface area contributed by atoms with E-state index < -0.39 is 0 Å². The molecule has 2 heterocycles. The maximum atomic E-state index is 11.8. The largest absolute Gasteiger partial charge is 0.398 e. The van der Waals surface area contributed by atoms with Crippen LogP contribution in [0.15, 0.2) is 24.8 Å². The molecule has 2 aromatic rings. The molecule has 0 saturated carbocycles. The van der Waals surface area contributed by atoms with Gasteiger partial charge < -0.3 is 15.6 Å². The normalized spacial score (nSPS) is 10.5. The maximum Gasteiger partial charge on any atom is 0.261 e. The van der Waals surface area contributed by atoms with E-state index in [1.165, 1.54) is 11.3 Å². The highest BCUT2D eigenvalue weighted by atomic mass is 32.1. The van der Waals surface area contributed by atoms with Gasteiger partial charge in [-0.2, -0.15) is 0 Å². The Hall–Kier alpha value is -1.82. The van der Waals surface area contributed by atoms with Crippen molar-refractivity contribution in [3.05, 3.63) is 34.5 Å². The van der Waals surface area contributed by atoms with Crippen LogP contribution in [-0.4, -0.2) is 22.0 Å². The second-order valence-corrected chi connectivity index (χ2v) is 5.29. The predicted octanol–water partition coefficient (Wildman–Crippen LogP) is 1.66. The zero-order valence-electron chi connectivity index (χ0n) is 10.2. The Kier molecular flexibility index (Phi) is 3.99. The number of nitrogens with two attached hydrogens (primary N) is 1. The SMILES string of the molecule is Cc1sc(C(=O)NCCCn2ccnc2)cc1N. The van der Waals surface area contributed by atoms with Gasteiger partial charge in [-0.25, -0.2) is 4.98 Å². The summed E-state index contributed by atoms with van der Waals surface area (Å²) in [6, 6.07) is 1.73. The van der Waals surface area contributed by atoms with E-state index in [9.17, 15) is 4.79 Å². The summed E-state index contributed by atoms with van der Waals surface area (Å²) in [6.07, 6.45) is 6.30. The van der Waals surface area contributed by atoms with E-state index in [0.29, 0.717) is 17.1 Å². The molecule has 0 atom stereocenters. The van der Waals surface area contributed by atoms with Crippen molar-refractivity contribution >= 4 is 22.9 Å². The number of nitrogens with one attached hydrogen (secondary N) is 1. The van der Waals surface area contributed by atoms with Crippen molar-refractivity contribution < 1.29 is 4.79 Å². The average Bonchev–Trinajstić information content (AvgIpc) is 2.96. The monoisotopic (exact) mass is 264 g/mol. The molecule has 6 heteroatoms. The molecule has 0 fully saturated rings. The lowest BCUT2D eigenvalue weighted by molar-refractivity contribution is 0.0957. The van der Waals surface area contributed by atoms with Crippen molar-refractivity contribution in [1.29, 1.82) is 0 Å². The molecule has 0 spiro atoms. The second-order valence-electron chi connectivity index (χ2n) is 4.03. The van der Waals surface area contributed by atoms with Gasteiger partial charge in [-0.05, 0) is 19.4 Å². The molecule has 2 aromatic heterocycles. The van der Waals surface area contributed by atoms with E-state index in [1.54, 1.807) is 18.6 Å². The number of hydrogen-bond donors (Lipinski definition) is 2. The van der Waals surface area contributed by atoms with Gasteiger partial charge in [0.15, 0.2) is 0 Å². The molecule has 3 N–H and O–H groups in total. The van der Waals surface area contributed by atoms with E-state index in [2.05, 4.69) is 10.3 Å². The lowest BCUT2D eigenvalue weighted by Gasteiger charge is -2.04. The van der Waals surface area contributed by atoms with Gasteiger partial charge in [0, 0.05) is 36.0 Å². The molecular formula is C12H16N4OS. The third kappa shape index (κ3) is 3.10. The summed E-state index contributed by atoms with van der Waals surface area (Å²) >= 11 is 1.43. The first-order valence-corrected chi connectivity index (χ1v) is 6.58. The van der Waals surface area contributed by atoms with Crippen LogP contribution in [0.5, 0.6) is 0 Å². The van der Waals surface area contributed by atoms with E-state index >= 15 is 0 Å². The highest BCUT2D eigenvalue weighted by molar-refractivity contribution is 7.14. The van der Waals surface area contributed by atoms with Crippen LogP contribution in [0.2, 0.25) is 0 Å². The summed E-state index contributed by atoms with van der Waals surface area (Å²) in [4.78, 5) is 17.4. The fourth-order valence-corrected chi connectivity index (χ4v) is 2.44. The quantitative estimate of drug-likeness (QED) is 0.807. The van der Waals surface area contributed by atoms with Crippen LogP contribution in [0.1, 0.15) is 21.0 Å². The minimum atomic E-state index is -0.0505. The summed E-state index contributed by atoms with van der Waals surface area (Å²) in [7, 11) is 0. The molecular weight excluding hydrogens is 248 g/mol.